The summed E-state index contributed by atoms with van der Waals surface area (Å²) in [6.45, 7) is 6.43. The molecule has 3 heteroatoms. The van der Waals surface area contributed by atoms with Gasteiger partial charge >= 0.3 is 0 Å². The van der Waals surface area contributed by atoms with Crippen molar-refractivity contribution in [3.8, 4) is 11.5 Å². The number of benzene rings is 2. The van der Waals surface area contributed by atoms with Gasteiger partial charge in [0.2, 0.25) is 0 Å². The van der Waals surface area contributed by atoms with Crippen LogP contribution in [0.3, 0.4) is 0 Å². The van der Waals surface area contributed by atoms with Crippen molar-refractivity contribution in [2.45, 2.75) is 26.2 Å². The molecule has 0 bridgehead atoms. The molecule has 0 saturated heterocycles. The van der Waals surface area contributed by atoms with Crippen molar-refractivity contribution >= 4 is 17.3 Å². The Bertz CT molecular complexity index is 567. The lowest BCUT2D eigenvalue weighted by atomic mass is 9.86. The minimum Gasteiger partial charge on any atom is -0.453 e. The smallest absolute Gasteiger partial charge is 0.168 e. The summed E-state index contributed by atoms with van der Waals surface area (Å²) in [4.78, 5) is 0. The van der Waals surface area contributed by atoms with Gasteiger partial charge in [-0.1, -0.05) is 56.6 Å². The van der Waals surface area contributed by atoms with E-state index in [0.29, 0.717) is 16.5 Å². The van der Waals surface area contributed by atoms with Crippen LogP contribution in [0.4, 0.5) is 5.69 Å². The van der Waals surface area contributed by atoms with Crippen molar-refractivity contribution in [2.24, 2.45) is 0 Å². The predicted octanol–water partition coefficient (Wildman–Crippen LogP) is 5.01. The van der Waals surface area contributed by atoms with Crippen LogP contribution in [0, 0.1) is 0 Å². The zero-order chi connectivity index (χ0) is 14.0. The lowest BCUT2D eigenvalue weighted by molar-refractivity contribution is 0.457. The Morgan fingerprint density at radius 3 is 2.32 bits per heavy atom. The Morgan fingerprint density at radius 1 is 1.00 bits per heavy atom. The zero-order valence-electron chi connectivity index (χ0n) is 11.4. The molecule has 2 nitrogen and oxygen atoms in total. The maximum absolute atomic E-state index is 6.14. The second-order valence-corrected chi connectivity index (χ2v) is 5.91. The Kier molecular flexibility index (Phi) is 3.72. The Morgan fingerprint density at radius 2 is 1.68 bits per heavy atom. The van der Waals surface area contributed by atoms with Gasteiger partial charge < -0.3 is 10.5 Å². The molecule has 2 N–H and O–H groups in total. The molecule has 19 heavy (non-hydrogen) atoms. The quantitative estimate of drug-likeness (QED) is 0.782. The number of halogens is 1. The molecular formula is C16H18ClNO. The molecule has 0 unspecified atom stereocenters. The van der Waals surface area contributed by atoms with Crippen molar-refractivity contribution in [2.75, 3.05) is 5.73 Å². The van der Waals surface area contributed by atoms with Gasteiger partial charge in [-0.3, -0.25) is 0 Å². The zero-order valence-corrected chi connectivity index (χ0v) is 12.2. The molecule has 0 aliphatic rings. The molecule has 0 spiro atoms. The van der Waals surface area contributed by atoms with Gasteiger partial charge in [0.1, 0.15) is 5.75 Å². The first-order chi connectivity index (χ1) is 8.89. The van der Waals surface area contributed by atoms with E-state index in [1.165, 1.54) is 0 Å². The molecule has 0 aliphatic carbocycles. The third-order valence-corrected chi connectivity index (χ3v) is 3.20. The van der Waals surface area contributed by atoms with Crippen molar-refractivity contribution in [1.82, 2.24) is 0 Å². The first kappa shape index (κ1) is 13.8. The van der Waals surface area contributed by atoms with E-state index in [2.05, 4.69) is 26.8 Å². The van der Waals surface area contributed by atoms with E-state index in [0.717, 1.165) is 11.3 Å². The molecule has 0 fully saturated rings. The van der Waals surface area contributed by atoms with Crippen molar-refractivity contribution < 1.29 is 4.74 Å². The van der Waals surface area contributed by atoms with Crippen LogP contribution in [0.5, 0.6) is 11.5 Å². The maximum atomic E-state index is 6.14. The molecular weight excluding hydrogens is 258 g/mol. The van der Waals surface area contributed by atoms with Crippen molar-refractivity contribution in [3.05, 3.63) is 53.1 Å². The summed E-state index contributed by atoms with van der Waals surface area (Å²) in [5.74, 6) is 1.30. The standard InChI is InChI=1S/C16H18ClNO/c1-16(2,3)11-7-4-5-10-14(11)19-15-12(17)8-6-9-13(15)18/h4-10H,18H2,1-3H3. The lowest BCUT2D eigenvalue weighted by Gasteiger charge is -2.23. The van der Waals surface area contributed by atoms with Gasteiger partial charge in [0.15, 0.2) is 5.75 Å². The van der Waals surface area contributed by atoms with Gasteiger partial charge in [0, 0.05) is 5.56 Å². The van der Waals surface area contributed by atoms with Crippen molar-refractivity contribution in [3.63, 3.8) is 0 Å². The van der Waals surface area contributed by atoms with Crippen molar-refractivity contribution in [1.29, 1.82) is 0 Å². The summed E-state index contributed by atoms with van der Waals surface area (Å²) < 4.78 is 5.94. The predicted molar refractivity (Wildman–Crippen MR) is 81.1 cm³/mol. The molecule has 0 amide bonds. The van der Waals surface area contributed by atoms with Crippen LogP contribution in [-0.4, -0.2) is 0 Å². The van der Waals surface area contributed by atoms with E-state index in [4.69, 9.17) is 22.1 Å². The maximum Gasteiger partial charge on any atom is 0.168 e. The molecule has 100 valence electrons. The molecule has 0 radical (unpaired) electrons. The van der Waals surface area contributed by atoms with Gasteiger partial charge in [0.05, 0.1) is 10.7 Å². The average Bonchev–Trinajstić information content (AvgIpc) is 2.33. The van der Waals surface area contributed by atoms with E-state index >= 15 is 0 Å². The average molecular weight is 276 g/mol. The van der Waals surface area contributed by atoms with Crippen LogP contribution in [0.1, 0.15) is 26.3 Å². The molecule has 0 heterocycles. The van der Waals surface area contributed by atoms with Gasteiger partial charge in [-0.2, -0.15) is 0 Å². The summed E-state index contributed by atoms with van der Waals surface area (Å²) in [6, 6.07) is 13.3. The molecule has 0 aliphatic heterocycles. The highest BCUT2D eigenvalue weighted by atomic mass is 35.5. The highest BCUT2D eigenvalue weighted by Crippen LogP contribution is 2.39. The second-order valence-electron chi connectivity index (χ2n) is 5.51. The first-order valence-corrected chi connectivity index (χ1v) is 6.59. The molecule has 2 rings (SSSR count). The van der Waals surface area contributed by atoms with E-state index in [1.54, 1.807) is 18.2 Å². The number of hydrogen-bond donors (Lipinski definition) is 1. The van der Waals surface area contributed by atoms with E-state index in [1.807, 2.05) is 18.2 Å². The second kappa shape index (κ2) is 5.14. The van der Waals surface area contributed by atoms with Crippen LogP contribution in [-0.2, 0) is 5.41 Å². The van der Waals surface area contributed by atoms with E-state index in [-0.39, 0.29) is 5.41 Å². The third kappa shape index (κ3) is 3.02. The monoisotopic (exact) mass is 275 g/mol. The largest absolute Gasteiger partial charge is 0.453 e. The molecule has 0 aromatic heterocycles. The summed E-state index contributed by atoms with van der Waals surface area (Å²) in [7, 11) is 0. The number of anilines is 1. The number of rotatable bonds is 2. The van der Waals surface area contributed by atoms with E-state index < -0.39 is 0 Å². The highest BCUT2D eigenvalue weighted by Gasteiger charge is 2.19. The number of ether oxygens (including phenoxy) is 1. The Balaban J connectivity index is 2.45. The topological polar surface area (TPSA) is 35.2 Å². The molecule has 0 atom stereocenters. The van der Waals surface area contributed by atoms with Crippen LogP contribution >= 0.6 is 11.6 Å². The van der Waals surface area contributed by atoms with Gasteiger partial charge in [-0.15, -0.1) is 0 Å². The van der Waals surface area contributed by atoms with Crippen LogP contribution in [0.15, 0.2) is 42.5 Å². The fourth-order valence-corrected chi connectivity index (χ4v) is 2.14. The van der Waals surface area contributed by atoms with Gasteiger partial charge in [0.25, 0.3) is 0 Å². The highest BCUT2D eigenvalue weighted by molar-refractivity contribution is 6.32. The minimum atomic E-state index is -0.00733. The minimum absolute atomic E-state index is 0.00733. The molecule has 0 saturated carbocycles. The molecule has 2 aromatic rings. The number of hydrogen-bond acceptors (Lipinski definition) is 2. The Hall–Kier alpha value is -1.67. The summed E-state index contributed by atoms with van der Waals surface area (Å²) in [5.41, 5.74) is 7.57. The number of nitrogens with two attached hydrogens (primary N) is 1. The van der Waals surface area contributed by atoms with E-state index in [9.17, 15) is 0 Å². The van der Waals surface area contributed by atoms with Crippen LogP contribution in [0.2, 0.25) is 5.02 Å². The van der Waals surface area contributed by atoms with Crippen LogP contribution in [0.25, 0.3) is 0 Å². The first-order valence-electron chi connectivity index (χ1n) is 6.21. The Labute approximate surface area is 119 Å². The third-order valence-electron chi connectivity index (χ3n) is 2.90. The lowest BCUT2D eigenvalue weighted by Crippen LogP contribution is -2.12. The fourth-order valence-electron chi connectivity index (χ4n) is 1.92. The SMILES string of the molecule is CC(C)(C)c1ccccc1Oc1c(N)cccc1Cl. The van der Waals surface area contributed by atoms with Crippen LogP contribution < -0.4 is 10.5 Å². The number of nitrogen functional groups attached to an aromatic ring is 1. The normalized spacial score (nSPS) is 11.4. The summed E-state index contributed by atoms with van der Waals surface area (Å²) in [6.07, 6.45) is 0. The fraction of sp³-hybridized carbons (Fsp3) is 0.250. The van der Waals surface area contributed by atoms with Gasteiger partial charge in [-0.25, -0.2) is 0 Å². The summed E-state index contributed by atoms with van der Waals surface area (Å²) in [5, 5.41) is 0.517. The summed E-state index contributed by atoms with van der Waals surface area (Å²) >= 11 is 6.14. The molecule has 2 aromatic carbocycles. The van der Waals surface area contributed by atoms with Gasteiger partial charge in [-0.05, 0) is 23.6 Å². The number of para-hydroxylation sites is 2.